The molecular weight excluding hydrogens is 316 g/mol. The van der Waals surface area contributed by atoms with Crippen molar-refractivity contribution in [2.45, 2.75) is 38.7 Å². The minimum Gasteiger partial charge on any atom is -0.496 e. The lowest BCUT2D eigenvalue weighted by Crippen LogP contribution is -2.44. The summed E-state index contributed by atoms with van der Waals surface area (Å²) in [4.78, 5) is 12.3. The van der Waals surface area contributed by atoms with Gasteiger partial charge in [0.05, 0.1) is 7.11 Å². The SMILES string of the molecule is C=CC[C@H]1C[C@]2(C(C)Cc3ccc(C)c(OC)c3)OCOC2=CC1=O. The van der Waals surface area contributed by atoms with Crippen LogP contribution in [0.15, 0.2) is 42.7 Å². The summed E-state index contributed by atoms with van der Waals surface area (Å²) >= 11 is 0. The minimum atomic E-state index is -0.528. The average Bonchev–Trinajstić information content (AvgIpc) is 3.01. The molecule has 1 fully saturated rings. The third-order valence-electron chi connectivity index (χ3n) is 5.43. The van der Waals surface area contributed by atoms with E-state index in [4.69, 9.17) is 14.2 Å². The zero-order valence-electron chi connectivity index (χ0n) is 15.2. The molecule has 1 heterocycles. The molecule has 3 rings (SSSR count). The van der Waals surface area contributed by atoms with Crippen molar-refractivity contribution in [2.24, 2.45) is 11.8 Å². The number of ether oxygens (including phenoxy) is 3. The number of carbonyl (C=O) groups is 1. The van der Waals surface area contributed by atoms with E-state index in [1.54, 1.807) is 19.3 Å². The van der Waals surface area contributed by atoms with Crippen LogP contribution in [0.25, 0.3) is 0 Å². The standard InChI is InChI=1S/C21H26O4/c1-5-6-17-12-21(20(11-18(17)22)24-13-25-21)15(3)9-16-8-7-14(2)19(10-16)23-4/h5,7-8,10-11,15,17H,1,6,9,12-13H2,2-4H3/t15?,17-,21+/m0/s1. The molecule has 3 atom stereocenters. The van der Waals surface area contributed by atoms with Crippen LogP contribution in [0.5, 0.6) is 5.75 Å². The van der Waals surface area contributed by atoms with E-state index in [-0.39, 0.29) is 24.4 Å². The van der Waals surface area contributed by atoms with Crippen molar-refractivity contribution >= 4 is 5.78 Å². The van der Waals surface area contributed by atoms with E-state index in [9.17, 15) is 4.79 Å². The Morgan fingerprint density at radius 2 is 2.28 bits per heavy atom. The van der Waals surface area contributed by atoms with E-state index in [2.05, 4.69) is 31.7 Å². The van der Waals surface area contributed by atoms with E-state index in [1.807, 2.05) is 6.92 Å². The highest BCUT2D eigenvalue weighted by atomic mass is 16.7. The number of methoxy groups -OCH3 is 1. The lowest BCUT2D eigenvalue weighted by molar-refractivity contribution is -0.123. The molecule has 134 valence electrons. The van der Waals surface area contributed by atoms with Crippen LogP contribution in [0.2, 0.25) is 0 Å². The van der Waals surface area contributed by atoms with E-state index in [0.717, 1.165) is 17.7 Å². The minimum absolute atomic E-state index is 0.0852. The van der Waals surface area contributed by atoms with E-state index in [0.29, 0.717) is 18.6 Å². The molecule has 4 heteroatoms. The monoisotopic (exact) mass is 342 g/mol. The van der Waals surface area contributed by atoms with Crippen molar-refractivity contribution in [3.8, 4) is 5.75 Å². The molecule has 0 radical (unpaired) electrons. The summed E-state index contributed by atoms with van der Waals surface area (Å²) in [5.74, 6) is 1.78. The Morgan fingerprint density at radius 1 is 1.48 bits per heavy atom. The van der Waals surface area contributed by atoms with Crippen molar-refractivity contribution in [1.29, 1.82) is 0 Å². The lowest BCUT2D eigenvalue weighted by Gasteiger charge is -2.38. The molecule has 0 aromatic heterocycles. The van der Waals surface area contributed by atoms with Gasteiger partial charge in [-0.05, 0) is 49.3 Å². The Hall–Kier alpha value is -2.07. The molecule has 1 aromatic carbocycles. The number of rotatable bonds is 6. The van der Waals surface area contributed by atoms with Gasteiger partial charge in [0, 0.05) is 12.0 Å². The quantitative estimate of drug-likeness (QED) is 0.734. The van der Waals surface area contributed by atoms with Gasteiger partial charge in [-0.3, -0.25) is 4.79 Å². The van der Waals surface area contributed by atoms with Crippen molar-refractivity contribution in [2.75, 3.05) is 13.9 Å². The summed E-state index contributed by atoms with van der Waals surface area (Å²) < 4.78 is 17.2. The predicted octanol–water partition coefficient (Wildman–Crippen LogP) is 3.97. The highest BCUT2D eigenvalue weighted by Crippen LogP contribution is 2.46. The number of benzene rings is 1. The fourth-order valence-electron chi connectivity index (χ4n) is 3.93. The summed E-state index contributed by atoms with van der Waals surface area (Å²) in [6.07, 6.45) is 5.58. The molecule has 1 saturated heterocycles. The van der Waals surface area contributed by atoms with Crippen molar-refractivity contribution in [1.82, 2.24) is 0 Å². The second-order valence-corrected chi connectivity index (χ2v) is 7.04. The van der Waals surface area contributed by atoms with Crippen LogP contribution in [0.4, 0.5) is 0 Å². The fourth-order valence-corrected chi connectivity index (χ4v) is 3.93. The van der Waals surface area contributed by atoms with Gasteiger partial charge in [-0.25, -0.2) is 0 Å². The number of allylic oxidation sites excluding steroid dienone is 2. The van der Waals surface area contributed by atoms with Gasteiger partial charge in [0.15, 0.2) is 12.6 Å². The topological polar surface area (TPSA) is 44.8 Å². The van der Waals surface area contributed by atoms with Crippen LogP contribution in [0, 0.1) is 18.8 Å². The predicted molar refractivity (Wildman–Crippen MR) is 96.4 cm³/mol. The summed E-state index contributed by atoms with van der Waals surface area (Å²) in [6, 6.07) is 6.28. The number of aryl methyl sites for hydroxylation is 1. The van der Waals surface area contributed by atoms with Gasteiger partial charge in [-0.2, -0.15) is 0 Å². The molecule has 0 spiro atoms. The molecule has 0 N–H and O–H groups in total. The first-order valence-corrected chi connectivity index (χ1v) is 8.77. The zero-order valence-corrected chi connectivity index (χ0v) is 15.2. The lowest BCUT2D eigenvalue weighted by atomic mass is 9.71. The van der Waals surface area contributed by atoms with Gasteiger partial charge < -0.3 is 14.2 Å². The smallest absolute Gasteiger partial charge is 0.189 e. The molecule has 2 aliphatic rings. The third kappa shape index (κ3) is 3.23. The van der Waals surface area contributed by atoms with Gasteiger partial charge in [-0.15, -0.1) is 6.58 Å². The number of carbonyl (C=O) groups excluding carboxylic acids is 1. The second kappa shape index (κ2) is 7.04. The molecule has 4 nitrogen and oxygen atoms in total. The van der Waals surface area contributed by atoms with Crippen LogP contribution in [-0.2, 0) is 20.7 Å². The molecule has 1 unspecified atom stereocenters. The van der Waals surface area contributed by atoms with Gasteiger partial charge in [0.2, 0.25) is 0 Å². The van der Waals surface area contributed by atoms with E-state index >= 15 is 0 Å². The maximum atomic E-state index is 12.3. The Kier molecular flexibility index (Phi) is 5.00. The highest BCUT2D eigenvalue weighted by Gasteiger charge is 2.51. The van der Waals surface area contributed by atoms with Crippen LogP contribution in [0.3, 0.4) is 0 Å². The Bertz CT molecular complexity index is 706. The maximum Gasteiger partial charge on any atom is 0.189 e. The van der Waals surface area contributed by atoms with Crippen LogP contribution >= 0.6 is 0 Å². The number of hydrogen-bond donors (Lipinski definition) is 0. The summed E-state index contributed by atoms with van der Waals surface area (Å²) in [6.45, 7) is 8.18. The first-order chi connectivity index (χ1) is 12.0. The average molecular weight is 342 g/mol. The zero-order chi connectivity index (χ0) is 18.0. The van der Waals surface area contributed by atoms with Gasteiger partial charge in [0.25, 0.3) is 0 Å². The molecule has 0 amide bonds. The second-order valence-electron chi connectivity index (χ2n) is 7.04. The molecule has 0 saturated carbocycles. The summed E-state index contributed by atoms with van der Waals surface area (Å²) in [5, 5.41) is 0. The summed E-state index contributed by atoms with van der Waals surface area (Å²) in [5.41, 5.74) is 1.78. The first kappa shape index (κ1) is 17.7. The van der Waals surface area contributed by atoms with Crippen molar-refractivity contribution in [3.05, 3.63) is 53.8 Å². The number of hydrogen-bond acceptors (Lipinski definition) is 4. The number of fused-ring (bicyclic) bond motifs is 1. The molecule has 0 bridgehead atoms. The molecule has 1 aliphatic carbocycles. The molecule has 1 aromatic rings. The van der Waals surface area contributed by atoms with Gasteiger partial charge in [-0.1, -0.05) is 25.1 Å². The van der Waals surface area contributed by atoms with Gasteiger partial charge >= 0.3 is 0 Å². The first-order valence-electron chi connectivity index (χ1n) is 8.77. The normalized spacial score (nSPS) is 26.4. The van der Waals surface area contributed by atoms with Gasteiger partial charge in [0.1, 0.15) is 17.1 Å². The molecule has 1 aliphatic heterocycles. The molecule has 25 heavy (non-hydrogen) atoms. The third-order valence-corrected chi connectivity index (χ3v) is 5.43. The number of ketones is 1. The van der Waals surface area contributed by atoms with Crippen LogP contribution < -0.4 is 4.74 Å². The van der Waals surface area contributed by atoms with Crippen LogP contribution in [-0.4, -0.2) is 25.3 Å². The summed E-state index contributed by atoms with van der Waals surface area (Å²) in [7, 11) is 1.69. The fraction of sp³-hybridized carbons (Fsp3) is 0.476. The Balaban J connectivity index is 1.86. The Morgan fingerprint density at radius 3 is 3.00 bits per heavy atom. The van der Waals surface area contributed by atoms with E-state index < -0.39 is 5.60 Å². The maximum absolute atomic E-state index is 12.3. The Labute approximate surface area is 149 Å². The van der Waals surface area contributed by atoms with Crippen molar-refractivity contribution < 1.29 is 19.0 Å². The molecular formula is C21H26O4. The highest BCUT2D eigenvalue weighted by molar-refractivity contribution is 5.93. The largest absolute Gasteiger partial charge is 0.496 e. The van der Waals surface area contributed by atoms with E-state index in [1.165, 1.54) is 5.56 Å². The van der Waals surface area contributed by atoms with Crippen LogP contribution in [0.1, 0.15) is 30.9 Å². The van der Waals surface area contributed by atoms with Crippen molar-refractivity contribution in [3.63, 3.8) is 0 Å².